The predicted molar refractivity (Wildman–Crippen MR) is 170 cm³/mol. The van der Waals surface area contributed by atoms with Gasteiger partial charge < -0.3 is 25.2 Å². The minimum Gasteiger partial charge on any atom is -0.359 e. The van der Waals surface area contributed by atoms with Crippen molar-refractivity contribution in [3.05, 3.63) is 36.4 Å². The molecule has 0 unspecified atom stereocenters. The van der Waals surface area contributed by atoms with Crippen LogP contribution in [0.5, 0.6) is 0 Å². The first kappa shape index (κ1) is 30.7. The number of amides is 3. The van der Waals surface area contributed by atoms with E-state index in [1.54, 1.807) is 16.7 Å². The SMILES string of the molecule is CSc1cccc(NC(=O)[C@H]2[C@H]3C=C[C@@]4(O3)[C@H]2C(=O)N(CCCN2CCC[C@H](C)C2)[C@@H]4C(=O)N[C@@H]2CCC[C@@H](C)[C@@H]2C)c1. The zero-order valence-corrected chi connectivity index (χ0v) is 26.9. The number of hydrogen-bond acceptors (Lipinski definition) is 6. The zero-order valence-electron chi connectivity index (χ0n) is 26.1. The highest BCUT2D eigenvalue weighted by molar-refractivity contribution is 7.98. The first-order valence-electron chi connectivity index (χ1n) is 16.4. The summed E-state index contributed by atoms with van der Waals surface area (Å²) in [6, 6.07) is 7.01. The number of carbonyl (C=O) groups excluding carboxylic acids is 3. The number of rotatable bonds is 9. The van der Waals surface area contributed by atoms with Gasteiger partial charge in [0.15, 0.2) is 0 Å². The third-order valence-corrected chi connectivity index (χ3v) is 11.6. The van der Waals surface area contributed by atoms with E-state index in [4.69, 9.17) is 4.74 Å². The molecule has 1 saturated carbocycles. The number of benzene rings is 1. The van der Waals surface area contributed by atoms with Gasteiger partial charge in [-0.1, -0.05) is 51.8 Å². The van der Waals surface area contributed by atoms with E-state index in [0.29, 0.717) is 30.0 Å². The molecule has 9 heteroatoms. The fourth-order valence-electron chi connectivity index (χ4n) is 8.44. The van der Waals surface area contributed by atoms with Crippen molar-refractivity contribution in [1.29, 1.82) is 0 Å². The van der Waals surface area contributed by atoms with Gasteiger partial charge in [-0.2, -0.15) is 0 Å². The topological polar surface area (TPSA) is 91.0 Å². The molecule has 234 valence electrons. The number of carbonyl (C=O) groups is 3. The third kappa shape index (κ3) is 5.77. The maximum atomic E-state index is 14.3. The average Bonchev–Trinajstić information content (AvgIpc) is 3.63. The molecule has 1 aromatic rings. The summed E-state index contributed by atoms with van der Waals surface area (Å²) in [5, 5.41) is 6.42. The van der Waals surface area contributed by atoms with Gasteiger partial charge in [-0.3, -0.25) is 14.4 Å². The molecule has 3 amide bonds. The summed E-state index contributed by atoms with van der Waals surface area (Å²) in [7, 11) is 0. The van der Waals surface area contributed by atoms with Crippen molar-refractivity contribution < 1.29 is 19.1 Å². The van der Waals surface area contributed by atoms with Crippen molar-refractivity contribution >= 4 is 35.2 Å². The van der Waals surface area contributed by atoms with Crippen molar-refractivity contribution in [2.75, 3.05) is 37.8 Å². The second-order valence-corrected chi connectivity index (χ2v) is 14.6. The number of piperidine rings is 1. The molecule has 8 nitrogen and oxygen atoms in total. The average molecular weight is 609 g/mol. The van der Waals surface area contributed by atoms with Gasteiger partial charge in [-0.05, 0) is 81.0 Å². The van der Waals surface area contributed by atoms with Crippen LogP contribution in [-0.4, -0.2) is 83.7 Å². The van der Waals surface area contributed by atoms with E-state index >= 15 is 0 Å². The molecule has 0 radical (unpaired) electrons. The summed E-state index contributed by atoms with van der Waals surface area (Å²) in [5.41, 5.74) is -0.427. The van der Waals surface area contributed by atoms with Crippen molar-refractivity contribution in [3.8, 4) is 0 Å². The summed E-state index contributed by atoms with van der Waals surface area (Å²) in [6.07, 6.45) is 11.7. The highest BCUT2D eigenvalue weighted by Gasteiger charge is 2.72. The van der Waals surface area contributed by atoms with E-state index in [9.17, 15) is 14.4 Å². The van der Waals surface area contributed by atoms with Gasteiger partial charge in [0, 0.05) is 29.7 Å². The van der Waals surface area contributed by atoms with E-state index in [1.807, 2.05) is 42.7 Å². The molecular weight excluding hydrogens is 560 g/mol. The summed E-state index contributed by atoms with van der Waals surface area (Å²) >= 11 is 1.61. The molecule has 4 fully saturated rings. The van der Waals surface area contributed by atoms with Gasteiger partial charge in [-0.25, -0.2) is 0 Å². The number of thioether (sulfide) groups is 1. The second-order valence-electron chi connectivity index (χ2n) is 13.7. The lowest BCUT2D eigenvalue weighted by atomic mass is 9.73. The normalized spacial score (nSPS) is 37.0. The Kier molecular flexibility index (Phi) is 8.96. The van der Waals surface area contributed by atoms with Crippen LogP contribution in [0.1, 0.15) is 59.3 Å². The Labute approximate surface area is 260 Å². The highest BCUT2D eigenvalue weighted by Crippen LogP contribution is 2.55. The maximum Gasteiger partial charge on any atom is 0.246 e. The molecule has 0 aromatic heterocycles. The largest absolute Gasteiger partial charge is 0.359 e. The Morgan fingerprint density at radius 3 is 2.72 bits per heavy atom. The van der Waals surface area contributed by atoms with Crippen LogP contribution in [-0.2, 0) is 19.1 Å². The molecular formula is C34H48N4O4S. The van der Waals surface area contributed by atoms with Crippen LogP contribution in [0.3, 0.4) is 0 Å². The number of fused-ring (bicyclic) bond motifs is 1. The van der Waals surface area contributed by atoms with Crippen molar-refractivity contribution in [3.63, 3.8) is 0 Å². The predicted octanol–water partition coefficient (Wildman–Crippen LogP) is 4.56. The number of anilines is 1. The van der Waals surface area contributed by atoms with Crippen LogP contribution in [0.4, 0.5) is 5.69 Å². The van der Waals surface area contributed by atoms with Crippen LogP contribution in [0.2, 0.25) is 0 Å². The van der Waals surface area contributed by atoms with Gasteiger partial charge >= 0.3 is 0 Å². The van der Waals surface area contributed by atoms with Crippen LogP contribution < -0.4 is 10.6 Å². The van der Waals surface area contributed by atoms with Crippen LogP contribution in [0.15, 0.2) is 41.3 Å². The Morgan fingerprint density at radius 1 is 1.09 bits per heavy atom. The van der Waals surface area contributed by atoms with Crippen LogP contribution in [0, 0.1) is 29.6 Å². The lowest BCUT2D eigenvalue weighted by molar-refractivity contribution is -0.141. The third-order valence-electron chi connectivity index (χ3n) is 10.9. The number of nitrogens with one attached hydrogen (secondary N) is 2. The van der Waals surface area contributed by atoms with Crippen molar-refractivity contribution in [2.24, 2.45) is 29.6 Å². The number of hydrogen-bond donors (Lipinski definition) is 2. The van der Waals surface area contributed by atoms with Gasteiger partial charge in [0.1, 0.15) is 11.6 Å². The van der Waals surface area contributed by atoms with E-state index in [0.717, 1.165) is 43.8 Å². The zero-order chi connectivity index (χ0) is 30.3. The number of nitrogens with zero attached hydrogens (tertiary/aromatic N) is 2. The van der Waals surface area contributed by atoms with E-state index in [2.05, 4.69) is 36.3 Å². The molecule has 3 saturated heterocycles. The summed E-state index contributed by atoms with van der Waals surface area (Å²) in [5.74, 6) is -0.338. The smallest absolute Gasteiger partial charge is 0.246 e. The van der Waals surface area contributed by atoms with Crippen LogP contribution >= 0.6 is 11.8 Å². The lowest BCUT2D eigenvalue weighted by Gasteiger charge is -2.38. The highest BCUT2D eigenvalue weighted by atomic mass is 32.2. The molecule has 2 N–H and O–H groups in total. The molecule has 1 aliphatic carbocycles. The van der Waals surface area contributed by atoms with Gasteiger partial charge in [0.05, 0.1) is 17.9 Å². The fraction of sp³-hybridized carbons (Fsp3) is 0.676. The van der Waals surface area contributed by atoms with Gasteiger partial charge in [-0.15, -0.1) is 11.8 Å². The van der Waals surface area contributed by atoms with Crippen molar-refractivity contribution in [1.82, 2.24) is 15.1 Å². The van der Waals surface area contributed by atoms with Gasteiger partial charge in [0.2, 0.25) is 17.7 Å². The van der Waals surface area contributed by atoms with Gasteiger partial charge in [0.25, 0.3) is 0 Å². The Balaban J connectivity index is 1.24. The summed E-state index contributed by atoms with van der Waals surface area (Å²) < 4.78 is 6.57. The molecule has 43 heavy (non-hydrogen) atoms. The fourth-order valence-corrected chi connectivity index (χ4v) is 8.90. The molecule has 4 heterocycles. The van der Waals surface area contributed by atoms with E-state index in [1.165, 1.54) is 19.3 Å². The minimum absolute atomic E-state index is 0.0730. The number of ether oxygens (including phenoxy) is 1. The van der Waals surface area contributed by atoms with E-state index < -0.39 is 29.6 Å². The number of likely N-dealkylation sites (tertiary alicyclic amines) is 2. The quantitative estimate of drug-likeness (QED) is 0.316. The Morgan fingerprint density at radius 2 is 1.93 bits per heavy atom. The molecule has 4 aliphatic heterocycles. The van der Waals surface area contributed by atoms with Crippen molar-refractivity contribution in [2.45, 2.75) is 88.0 Å². The van der Waals surface area contributed by atoms with E-state index in [-0.39, 0.29) is 23.8 Å². The first-order valence-corrected chi connectivity index (χ1v) is 17.6. The molecule has 1 spiro atoms. The Bertz CT molecular complexity index is 1260. The molecule has 1 aromatic carbocycles. The summed E-state index contributed by atoms with van der Waals surface area (Å²) in [4.78, 5) is 47.7. The molecule has 2 bridgehead atoms. The van der Waals surface area contributed by atoms with Crippen LogP contribution in [0.25, 0.3) is 0 Å². The Hall–Kier alpha value is -2.36. The first-order chi connectivity index (χ1) is 20.7. The minimum atomic E-state index is -1.13. The second kappa shape index (κ2) is 12.6. The monoisotopic (exact) mass is 608 g/mol. The standard InChI is InChI=1S/C34H48N4O4S/c1-21-9-7-16-37(20-21)17-8-18-38-30(32(40)36-26-13-5-10-22(2)23(26)3)34-15-14-27(42-34)28(29(34)33(38)41)31(39)35-24-11-6-12-25(19-24)43-4/h6,11-12,14-15,19,21-23,26-30H,5,7-10,13,16-18,20H2,1-4H3,(H,35,39)(H,36,40)/t21-,22+,23-,26+,27+,28-,29+,30+,34+/m0/s1. The maximum absolute atomic E-state index is 14.3. The lowest BCUT2D eigenvalue weighted by Crippen LogP contribution is -2.58. The molecule has 9 atom stereocenters. The molecule has 5 aliphatic rings. The molecule has 6 rings (SSSR count). The summed E-state index contributed by atoms with van der Waals surface area (Å²) in [6.45, 7) is 10.3.